The van der Waals surface area contributed by atoms with Crippen LogP contribution in [-0.2, 0) is 20.1 Å². The Morgan fingerprint density at radius 1 is 1.23 bits per heavy atom. The molecule has 0 unspecified atom stereocenters. The van der Waals surface area contributed by atoms with Gasteiger partial charge in [0.25, 0.3) is 5.91 Å². The third kappa shape index (κ3) is 3.48. The lowest BCUT2D eigenvalue weighted by atomic mass is 10.1. The molecule has 0 atom stereocenters. The number of unbranched alkanes of at least 4 members (excludes halogenated alkanes) is 1. The van der Waals surface area contributed by atoms with Crippen LogP contribution in [0.2, 0.25) is 0 Å². The van der Waals surface area contributed by atoms with Crippen LogP contribution >= 0.6 is 11.3 Å². The van der Waals surface area contributed by atoms with Gasteiger partial charge in [-0.3, -0.25) is 14.2 Å². The lowest BCUT2D eigenvalue weighted by Crippen LogP contribution is -2.14. The van der Waals surface area contributed by atoms with Crippen LogP contribution < -0.4 is 11.5 Å². The number of carbonyl (C=O) groups is 1. The molecule has 0 aliphatic rings. The summed E-state index contributed by atoms with van der Waals surface area (Å²) in [6, 6.07) is 3.68. The number of primary amides is 1. The van der Waals surface area contributed by atoms with E-state index in [1.165, 1.54) is 11.3 Å². The third-order valence-corrected chi connectivity index (χ3v) is 6.05. The number of nitrogens with two attached hydrogens (primary N) is 2. The van der Waals surface area contributed by atoms with Gasteiger partial charge in [0.05, 0.1) is 23.1 Å². The maximum absolute atomic E-state index is 11.9. The summed E-state index contributed by atoms with van der Waals surface area (Å²) in [5.41, 5.74) is 15.6. The van der Waals surface area contributed by atoms with Crippen molar-refractivity contribution in [3.63, 3.8) is 0 Å². The van der Waals surface area contributed by atoms with E-state index in [9.17, 15) is 4.79 Å². The average molecular weight is 425 g/mol. The molecule has 4 rings (SSSR count). The molecule has 4 aromatic heterocycles. The number of nitrogens with zero attached hydrogens (tertiary/aromatic N) is 6. The van der Waals surface area contributed by atoms with Crippen LogP contribution in [0.1, 0.15) is 40.8 Å². The molecule has 0 fully saturated rings. The molecule has 0 bridgehead atoms. The molecular weight excluding hydrogens is 400 g/mol. The van der Waals surface area contributed by atoms with E-state index >= 15 is 0 Å². The zero-order valence-electron chi connectivity index (χ0n) is 17.2. The Labute approximate surface area is 177 Å². The van der Waals surface area contributed by atoms with Crippen LogP contribution in [0.15, 0.2) is 18.3 Å². The van der Waals surface area contributed by atoms with E-state index < -0.39 is 5.91 Å². The fourth-order valence-corrected chi connectivity index (χ4v) is 4.39. The van der Waals surface area contributed by atoms with E-state index in [-0.39, 0.29) is 5.69 Å². The Kier molecular flexibility index (Phi) is 5.35. The lowest BCUT2D eigenvalue weighted by molar-refractivity contribution is 0.0996. The number of hydrogen-bond acceptors (Lipinski definition) is 7. The van der Waals surface area contributed by atoms with E-state index in [1.807, 2.05) is 24.7 Å². The van der Waals surface area contributed by atoms with Crippen molar-refractivity contribution >= 4 is 28.1 Å². The van der Waals surface area contributed by atoms with Crippen molar-refractivity contribution in [1.29, 1.82) is 0 Å². The topological polar surface area (TPSA) is 131 Å². The zero-order chi connectivity index (χ0) is 21.4. The van der Waals surface area contributed by atoms with Crippen LogP contribution in [0, 0.1) is 6.92 Å². The van der Waals surface area contributed by atoms with Gasteiger partial charge in [0.2, 0.25) is 0 Å². The number of carbonyl (C=O) groups excluding carboxylic acids is 1. The molecule has 0 aliphatic carbocycles. The van der Waals surface area contributed by atoms with Gasteiger partial charge < -0.3 is 11.5 Å². The van der Waals surface area contributed by atoms with Gasteiger partial charge >= 0.3 is 0 Å². The van der Waals surface area contributed by atoms with E-state index in [0.29, 0.717) is 17.9 Å². The molecule has 1 amide bonds. The summed E-state index contributed by atoms with van der Waals surface area (Å²) in [5.74, 6) is -0.600. The van der Waals surface area contributed by atoms with E-state index in [2.05, 4.69) is 22.1 Å². The molecule has 30 heavy (non-hydrogen) atoms. The minimum Gasteiger partial charge on any atom is -0.364 e. The first kappa shape index (κ1) is 20.2. The first-order valence-electron chi connectivity index (χ1n) is 9.80. The molecule has 0 radical (unpaired) electrons. The highest BCUT2D eigenvalue weighted by atomic mass is 32.1. The standard InChI is InChI=1S/C20H24N8OS/c1-4-5-6-28-15(7-11(2)26-28)20-25-18(16(9-21)30-20)17-12-10-23-27(3)14(12)8-13(24-17)19(22)29/h7-8,10H,4-6,9,21H2,1-3H3,(H2,22,29). The molecule has 0 aliphatic heterocycles. The van der Waals surface area contributed by atoms with Crippen molar-refractivity contribution in [2.45, 2.75) is 39.8 Å². The van der Waals surface area contributed by atoms with Gasteiger partial charge in [0, 0.05) is 30.4 Å². The molecule has 0 saturated carbocycles. The number of pyridine rings is 1. The normalized spacial score (nSPS) is 11.5. The van der Waals surface area contributed by atoms with Crippen LogP contribution in [-0.4, -0.2) is 35.4 Å². The van der Waals surface area contributed by atoms with Gasteiger partial charge in [-0.25, -0.2) is 9.97 Å². The van der Waals surface area contributed by atoms with Gasteiger partial charge in [-0.1, -0.05) is 13.3 Å². The van der Waals surface area contributed by atoms with E-state index in [0.717, 1.165) is 51.6 Å². The first-order chi connectivity index (χ1) is 14.4. The van der Waals surface area contributed by atoms with E-state index in [1.54, 1.807) is 16.9 Å². The minimum atomic E-state index is -0.600. The quantitative estimate of drug-likeness (QED) is 0.469. The monoisotopic (exact) mass is 424 g/mol. The number of fused-ring (bicyclic) bond motifs is 1. The van der Waals surface area contributed by atoms with Gasteiger partial charge in [0.1, 0.15) is 22.1 Å². The van der Waals surface area contributed by atoms with Crippen molar-refractivity contribution in [2.24, 2.45) is 18.5 Å². The number of rotatable bonds is 7. The number of amides is 1. The SMILES string of the molecule is CCCCn1nc(C)cc1-c1nc(-c2nc(C(N)=O)cc3c2cnn3C)c(CN)s1. The fourth-order valence-electron chi connectivity index (χ4n) is 3.43. The van der Waals surface area contributed by atoms with Gasteiger partial charge in [-0.05, 0) is 25.5 Å². The summed E-state index contributed by atoms with van der Waals surface area (Å²) in [7, 11) is 1.81. The van der Waals surface area contributed by atoms with Crippen LogP contribution in [0.5, 0.6) is 0 Å². The largest absolute Gasteiger partial charge is 0.364 e. The Morgan fingerprint density at radius 2 is 2.03 bits per heavy atom. The van der Waals surface area contributed by atoms with Crippen molar-refractivity contribution in [3.8, 4) is 22.1 Å². The second-order valence-electron chi connectivity index (χ2n) is 7.16. The van der Waals surface area contributed by atoms with Crippen molar-refractivity contribution in [3.05, 3.63) is 34.6 Å². The minimum absolute atomic E-state index is 0.169. The summed E-state index contributed by atoms with van der Waals surface area (Å²) in [5, 5.41) is 10.5. The summed E-state index contributed by atoms with van der Waals surface area (Å²) in [4.78, 5) is 22.2. The second kappa shape index (κ2) is 7.96. The smallest absolute Gasteiger partial charge is 0.267 e. The van der Waals surface area contributed by atoms with Crippen LogP contribution in [0.4, 0.5) is 0 Å². The van der Waals surface area contributed by atoms with Crippen LogP contribution in [0.3, 0.4) is 0 Å². The summed E-state index contributed by atoms with van der Waals surface area (Å²) in [6.07, 6.45) is 3.84. The number of aromatic nitrogens is 6. The Hall–Kier alpha value is -3.11. The molecule has 156 valence electrons. The van der Waals surface area contributed by atoms with Crippen molar-refractivity contribution < 1.29 is 4.79 Å². The Morgan fingerprint density at radius 3 is 2.73 bits per heavy atom. The highest BCUT2D eigenvalue weighted by Crippen LogP contribution is 2.36. The predicted molar refractivity (Wildman–Crippen MR) is 117 cm³/mol. The molecule has 0 spiro atoms. The number of hydrogen-bond donors (Lipinski definition) is 2. The Balaban J connectivity index is 1.90. The molecule has 10 heteroatoms. The predicted octanol–water partition coefficient (Wildman–Crippen LogP) is 2.62. The molecule has 0 saturated heterocycles. The lowest BCUT2D eigenvalue weighted by Gasteiger charge is -2.05. The number of aryl methyl sites for hydroxylation is 3. The van der Waals surface area contributed by atoms with Crippen molar-refractivity contribution in [1.82, 2.24) is 29.5 Å². The molecule has 4 N–H and O–H groups in total. The summed E-state index contributed by atoms with van der Waals surface area (Å²) in [6.45, 7) is 5.26. The summed E-state index contributed by atoms with van der Waals surface area (Å²) >= 11 is 1.52. The average Bonchev–Trinajstić information content (AvgIpc) is 3.42. The fraction of sp³-hybridized carbons (Fsp3) is 0.350. The first-order valence-corrected chi connectivity index (χ1v) is 10.6. The van der Waals surface area contributed by atoms with Gasteiger partial charge in [-0.2, -0.15) is 10.2 Å². The maximum atomic E-state index is 11.9. The molecular formula is C20H24N8OS. The van der Waals surface area contributed by atoms with Crippen LogP contribution in [0.25, 0.3) is 33.0 Å². The van der Waals surface area contributed by atoms with Crippen molar-refractivity contribution in [2.75, 3.05) is 0 Å². The molecule has 9 nitrogen and oxygen atoms in total. The van der Waals surface area contributed by atoms with Gasteiger partial charge in [-0.15, -0.1) is 11.3 Å². The van der Waals surface area contributed by atoms with E-state index in [4.69, 9.17) is 16.5 Å². The second-order valence-corrected chi connectivity index (χ2v) is 8.25. The third-order valence-electron chi connectivity index (χ3n) is 4.95. The number of thiazole rings is 1. The molecule has 4 heterocycles. The summed E-state index contributed by atoms with van der Waals surface area (Å²) < 4.78 is 3.68. The van der Waals surface area contributed by atoms with Gasteiger partial charge in [0.15, 0.2) is 0 Å². The molecule has 0 aromatic carbocycles. The highest BCUT2D eigenvalue weighted by Gasteiger charge is 2.22. The highest BCUT2D eigenvalue weighted by molar-refractivity contribution is 7.15. The Bertz CT molecular complexity index is 1240. The zero-order valence-corrected chi connectivity index (χ0v) is 18.0. The molecule has 4 aromatic rings. The maximum Gasteiger partial charge on any atom is 0.267 e.